The van der Waals surface area contributed by atoms with Crippen molar-refractivity contribution < 1.29 is 0 Å². The number of hydrazine groups is 1. The van der Waals surface area contributed by atoms with E-state index >= 15 is 0 Å². The van der Waals surface area contributed by atoms with Crippen LogP contribution in [0.2, 0.25) is 0 Å². The Morgan fingerprint density at radius 2 is 1.31 bits per heavy atom. The van der Waals surface area contributed by atoms with Gasteiger partial charge in [0.25, 0.3) is 0 Å². The first-order valence-electron chi connectivity index (χ1n) is 4.98. The second-order valence-corrected chi connectivity index (χ2v) is 4.15. The smallest absolute Gasteiger partial charge is 0.0250 e. The molecule has 2 aliphatic carbocycles. The zero-order chi connectivity index (χ0) is 7.26. The fourth-order valence-corrected chi connectivity index (χ4v) is 1.97. The summed E-state index contributed by atoms with van der Waals surface area (Å²) in [7, 11) is 0. The van der Waals surface area contributed by atoms with Gasteiger partial charge in [-0.1, -0.05) is 0 Å². The van der Waals surface area contributed by atoms with Crippen molar-refractivity contribution in [2.45, 2.75) is 44.2 Å². The molecule has 2 saturated carbocycles. The Hall–Kier alpha value is 0.500. The Bertz CT molecular complexity index is 153. The molecule has 3 aliphatic rings. The third-order valence-corrected chi connectivity index (χ3v) is 3.00. The third-order valence-electron chi connectivity index (χ3n) is 3.00. The van der Waals surface area contributed by atoms with Crippen molar-refractivity contribution in [3.05, 3.63) is 0 Å². The molecule has 0 bridgehead atoms. The van der Waals surface area contributed by atoms with Crippen LogP contribution in [0.5, 0.6) is 0 Å². The quantitative estimate of drug-likeness (QED) is 0.725. The lowest BCUT2D eigenvalue weighted by molar-refractivity contribution is -0.0863. The standard InChI is InChI=1S/C9H16N2.2ClH/c1-6-10(7-1)11(8-2-3-8)9-4-5-9;;/h8-9H,1-7H2;2*1H. The highest BCUT2D eigenvalue weighted by Crippen LogP contribution is 2.39. The largest absolute Gasteiger partial charge is 0.241 e. The lowest BCUT2D eigenvalue weighted by atomic mass is 10.3. The van der Waals surface area contributed by atoms with Gasteiger partial charge in [-0.05, 0) is 32.1 Å². The van der Waals surface area contributed by atoms with Gasteiger partial charge in [-0.2, -0.15) is 0 Å². The van der Waals surface area contributed by atoms with Crippen LogP contribution in [0.1, 0.15) is 32.1 Å². The van der Waals surface area contributed by atoms with E-state index in [1.807, 2.05) is 0 Å². The van der Waals surface area contributed by atoms with Gasteiger partial charge in [-0.25, -0.2) is 10.0 Å². The van der Waals surface area contributed by atoms with Crippen LogP contribution in [0.25, 0.3) is 0 Å². The van der Waals surface area contributed by atoms with Gasteiger partial charge >= 0.3 is 0 Å². The summed E-state index contributed by atoms with van der Waals surface area (Å²) in [5, 5.41) is 5.28. The van der Waals surface area contributed by atoms with Gasteiger partial charge in [0, 0.05) is 25.2 Å². The van der Waals surface area contributed by atoms with E-state index in [1.165, 1.54) is 45.2 Å². The summed E-state index contributed by atoms with van der Waals surface area (Å²) in [5.41, 5.74) is 0. The van der Waals surface area contributed by atoms with Crippen LogP contribution in [0.4, 0.5) is 0 Å². The third kappa shape index (κ3) is 2.30. The maximum Gasteiger partial charge on any atom is 0.0250 e. The van der Waals surface area contributed by atoms with Crippen LogP contribution >= 0.6 is 24.8 Å². The first kappa shape index (κ1) is 11.6. The molecule has 0 N–H and O–H groups in total. The van der Waals surface area contributed by atoms with Crippen LogP contribution in [0, 0.1) is 0 Å². The van der Waals surface area contributed by atoms with E-state index in [0.29, 0.717) is 0 Å². The first-order chi connectivity index (χ1) is 5.45. The van der Waals surface area contributed by atoms with Crippen molar-refractivity contribution in [3.8, 4) is 0 Å². The fourth-order valence-electron chi connectivity index (χ4n) is 1.97. The summed E-state index contributed by atoms with van der Waals surface area (Å²) in [6.07, 6.45) is 7.29. The molecule has 0 unspecified atom stereocenters. The van der Waals surface area contributed by atoms with Crippen molar-refractivity contribution in [2.75, 3.05) is 13.1 Å². The zero-order valence-electron chi connectivity index (χ0n) is 7.82. The molecule has 2 nitrogen and oxygen atoms in total. The number of hydrogen-bond acceptors (Lipinski definition) is 2. The number of halogens is 2. The minimum Gasteiger partial charge on any atom is -0.241 e. The molecule has 0 aromatic rings. The second kappa shape index (κ2) is 4.35. The molecule has 1 heterocycles. The van der Waals surface area contributed by atoms with E-state index in [9.17, 15) is 0 Å². The summed E-state index contributed by atoms with van der Waals surface area (Å²) in [4.78, 5) is 0. The van der Waals surface area contributed by atoms with Gasteiger partial charge in [-0.15, -0.1) is 24.8 Å². The lowest BCUT2D eigenvalue weighted by Crippen LogP contribution is -2.52. The molecule has 1 saturated heterocycles. The second-order valence-electron chi connectivity index (χ2n) is 4.15. The Kier molecular flexibility index (Phi) is 3.87. The summed E-state index contributed by atoms with van der Waals surface area (Å²) < 4.78 is 0. The summed E-state index contributed by atoms with van der Waals surface area (Å²) >= 11 is 0. The van der Waals surface area contributed by atoms with Crippen molar-refractivity contribution in [3.63, 3.8) is 0 Å². The van der Waals surface area contributed by atoms with E-state index < -0.39 is 0 Å². The lowest BCUT2D eigenvalue weighted by Gasteiger charge is -2.41. The molecule has 1 aliphatic heterocycles. The van der Waals surface area contributed by atoms with Crippen LogP contribution in [0.3, 0.4) is 0 Å². The predicted octanol–water partition coefficient (Wildman–Crippen LogP) is 2.08. The van der Waals surface area contributed by atoms with Crippen molar-refractivity contribution >= 4 is 24.8 Å². The molecule has 0 radical (unpaired) electrons. The molecule has 4 heteroatoms. The molecule has 0 aromatic heterocycles. The average molecular weight is 225 g/mol. The van der Waals surface area contributed by atoms with Gasteiger partial charge in [0.1, 0.15) is 0 Å². The number of hydrogen-bond donors (Lipinski definition) is 0. The highest BCUT2D eigenvalue weighted by molar-refractivity contribution is 5.85. The fraction of sp³-hybridized carbons (Fsp3) is 1.00. The minimum absolute atomic E-state index is 0. The summed E-state index contributed by atoms with van der Waals surface area (Å²) in [6, 6.07) is 1.92. The highest BCUT2D eigenvalue weighted by atomic mass is 35.5. The Labute approximate surface area is 92.4 Å². The SMILES string of the molecule is C1CN(N(C2CC2)C2CC2)C1.Cl.Cl. The van der Waals surface area contributed by atoms with Gasteiger partial charge < -0.3 is 0 Å². The number of rotatable bonds is 3. The maximum absolute atomic E-state index is 2.70. The zero-order valence-corrected chi connectivity index (χ0v) is 9.45. The van der Waals surface area contributed by atoms with Gasteiger partial charge in [-0.3, -0.25) is 0 Å². The predicted molar refractivity (Wildman–Crippen MR) is 58.6 cm³/mol. The van der Waals surface area contributed by atoms with Crippen molar-refractivity contribution in [1.82, 2.24) is 10.0 Å². The molecular weight excluding hydrogens is 207 g/mol. The van der Waals surface area contributed by atoms with E-state index in [2.05, 4.69) is 10.0 Å². The molecule has 13 heavy (non-hydrogen) atoms. The minimum atomic E-state index is 0. The first-order valence-corrected chi connectivity index (χ1v) is 4.98. The van der Waals surface area contributed by atoms with Crippen LogP contribution in [0.15, 0.2) is 0 Å². The summed E-state index contributed by atoms with van der Waals surface area (Å²) in [5.74, 6) is 0. The molecular formula is C9H18Cl2N2. The van der Waals surface area contributed by atoms with Crippen molar-refractivity contribution in [1.29, 1.82) is 0 Å². The molecule has 0 aromatic carbocycles. The highest BCUT2D eigenvalue weighted by Gasteiger charge is 2.43. The molecule has 0 amide bonds. The van der Waals surface area contributed by atoms with E-state index in [4.69, 9.17) is 0 Å². The molecule has 78 valence electrons. The Morgan fingerprint density at radius 1 is 0.846 bits per heavy atom. The van der Waals surface area contributed by atoms with E-state index in [0.717, 1.165) is 12.1 Å². The Balaban J connectivity index is 0.000000422. The van der Waals surface area contributed by atoms with Gasteiger partial charge in [0.2, 0.25) is 0 Å². The molecule has 3 fully saturated rings. The van der Waals surface area contributed by atoms with Crippen LogP contribution in [-0.2, 0) is 0 Å². The monoisotopic (exact) mass is 224 g/mol. The van der Waals surface area contributed by atoms with Gasteiger partial charge in [0.15, 0.2) is 0 Å². The Morgan fingerprint density at radius 3 is 1.54 bits per heavy atom. The average Bonchev–Trinajstić information content (AvgIpc) is 2.74. The molecule has 0 atom stereocenters. The normalized spacial score (nSPS) is 27.5. The van der Waals surface area contributed by atoms with E-state index in [1.54, 1.807) is 0 Å². The maximum atomic E-state index is 2.70. The number of nitrogens with zero attached hydrogens (tertiary/aromatic N) is 2. The van der Waals surface area contributed by atoms with Crippen molar-refractivity contribution in [2.24, 2.45) is 0 Å². The van der Waals surface area contributed by atoms with Gasteiger partial charge in [0.05, 0.1) is 0 Å². The molecule has 0 spiro atoms. The summed E-state index contributed by atoms with van der Waals surface area (Å²) in [6.45, 7) is 2.68. The van der Waals surface area contributed by atoms with Crippen LogP contribution < -0.4 is 0 Å². The van der Waals surface area contributed by atoms with Crippen LogP contribution in [-0.4, -0.2) is 35.2 Å². The molecule has 3 rings (SSSR count). The topological polar surface area (TPSA) is 6.48 Å². The van der Waals surface area contributed by atoms with E-state index in [-0.39, 0.29) is 24.8 Å².